The maximum absolute atomic E-state index is 3.58. The van der Waals surface area contributed by atoms with Crippen molar-refractivity contribution < 1.29 is 0 Å². The number of likely N-dealkylation sites (N-methyl/N-ethyl adjacent to an activating group) is 1. The topological polar surface area (TPSA) is 27.3 Å². The summed E-state index contributed by atoms with van der Waals surface area (Å²) in [5, 5.41) is 7.05. The van der Waals surface area contributed by atoms with Crippen molar-refractivity contribution in [3.05, 3.63) is 29.8 Å². The number of benzene rings is 1. The predicted octanol–water partition coefficient (Wildman–Crippen LogP) is 2.98. The average Bonchev–Trinajstić information content (AvgIpc) is 2.56. The molecule has 3 nitrogen and oxygen atoms in total. The number of rotatable bonds is 8. The van der Waals surface area contributed by atoms with E-state index in [1.54, 1.807) is 0 Å². The summed E-state index contributed by atoms with van der Waals surface area (Å²) in [7, 11) is 0. The van der Waals surface area contributed by atoms with Crippen LogP contribution in [0, 0.1) is 5.92 Å². The first kappa shape index (κ1) is 16.3. The van der Waals surface area contributed by atoms with E-state index in [1.165, 1.54) is 30.6 Å². The lowest BCUT2D eigenvalue weighted by Crippen LogP contribution is -2.33. The molecule has 1 unspecified atom stereocenters. The van der Waals surface area contributed by atoms with Crippen LogP contribution < -0.4 is 10.6 Å². The highest BCUT2D eigenvalue weighted by atomic mass is 15.1. The van der Waals surface area contributed by atoms with Gasteiger partial charge in [0.1, 0.15) is 0 Å². The molecule has 0 spiro atoms. The van der Waals surface area contributed by atoms with Crippen LogP contribution in [0.3, 0.4) is 0 Å². The average molecular weight is 289 g/mol. The molecule has 1 fully saturated rings. The Kier molecular flexibility index (Phi) is 7.04. The van der Waals surface area contributed by atoms with Gasteiger partial charge in [0.15, 0.2) is 0 Å². The summed E-state index contributed by atoms with van der Waals surface area (Å²) in [5.41, 5.74) is 2.69. The van der Waals surface area contributed by atoms with Crippen molar-refractivity contribution in [2.75, 3.05) is 44.6 Å². The van der Waals surface area contributed by atoms with Gasteiger partial charge < -0.3 is 15.5 Å². The normalized spacial score (nSPS) is 18.9. The van der Waals surface area contributed by atoms with Crippen LogP contribution in [0.5, 0.6) is 0 Å². The van der Waals surface area contributed by atoms with Gasteiger partial charge in [-0.05, 0) is 69.1 Å². The minimum atomic E-state index is 0.779. The predicted molar refractivity (Wildman–Crippen MR) is 92.0 cm³/mol. The second-order valence-corrected chi connectivity index (χ2v) is 6.07. The molecular weight excluding hydrogens is 258 g/mol. The quantitative estimate of drug-likeness (QED) is 0.770. The molecule has 3 heteroatoms. The summed E-state index contributed by atoms with van der Waals surface area (Å²) in [6, 6.07) is 9.00. The lowest BCUT2D eigenvalue weighted by molar-refractivity contribution is 0.308. The molecule has 2 N–H and O–H groups in total. The van der Waals surface area contributed by atoms with Crippen molar-refractivity contribution >= 4 is 5.69 Å². The van der Waals surface area contributed by atoms with Crippen molar-refractivity contribution in [2.24, 2.45) is 5.92 Å². The summed E-state index contributed by atoms with van der Waals surface area (Å²) >= 11 is 0. The molecule has 0 aromatic heterocycles. The highest BCUT2D eigenvalue weighted by molar-refractivity contribution is 5.44. The molecule has 0 bridgehead atoms. The number of nitrogens with one attached hydrogen (secondary N) is 2. The largest absolute Gasteiger partial charge is 0.385 e. The van der Waals surface area contributed by atoms with Crippen molar-refractivity contribution in [2.45, 2.75) is 33.1 Å². The molecule has 0 amide bonds. The van der Waals surface area contributed by atoms with Gasteiger partial charge in [-0.2, -0.15) is 0 Å². The van der Waals surface area contributed by atoms with E-state index in [9.17, 15) is 0 Å². The number of hydrogen-bond donors (Lipinski definition) is 2. The molecule has 118 valence electrons. The number of nitrogens with zero attached hydrogens (tertiary/aromatic N) is 1. The van der Waals surface area contributed by atoms with Gasteiger partial charge in [0.2, 0.25) is 0 Å². The van der Waals surface area contributed by atoms with E-state index < -0.39 is 0 Å². The van der Waals surface area contributed by atoms with Crippen LogP contribution in [-0.2, 0) is 6.42 Å². The Labute approximate surface area is 130 Å². The Morgan fingerprint density at radius 1 is 1.19 bits per heavy atom. The Morgan fingerprint density at radius 3 is 2.57 bits per heavy atom. The standard InChI is InChI=1S/C18H31N3/c1-3-21(4-2)13-11-16-7-9-18(10-8-16)20-15-17-6-5-12-19-14-17/h7-10,17,19-20H,3-6,11-15H2,1-2H3. The van der Waals surface area contributed by atoms with Gasteiger partial charge in [-0.3, -0.25) is 0 Å². The molecule has 1 atom stereocenters. The third-order valence-electron chi connectivity index (χ3n) is 4.56. The first-order valence-corrected chi connectivity index (χ1v) is 8.57. The van der Waals surface area contributed by atoms with Crippen LogP contribution in [0.4, 0.5) is 5.69 Å². The van der Waals surface area contributed by atoms with Gasteiger partial charge in [0.25, 0.3) is 0 Å². The van der Waals surface area contributed by atoms with Crippen LogP contribution in [-0.4, -0.2) is 44.2 Å². The van der Waals surface area contributed by atoms with Gasteiger partial charge in [0, 0.05) is 18.8 Å². The minimum Gasteiger partial charge on any atom is -0.385 e. The van der Waals surface area contributed by atoms with E-state index in [2.05, 4.69) is 53.6 Å². The van der Waals surface area contributed by atoms with E-state index >= 15 is 0 Å². The number of piperidine rings is 1. The maximum Gasteiger partial charge on any atom is 0.0340 e. The fraction of sp³-hybridized carbons (Fsp3) is 0.667. The van der Waals surface area contributed by atoms with E-state index in [4.69, 9.17) is 0 Å². The summed E-state index contributed by atoms with van der Waals surface area (Å²) in [6.07, 6.45) is 3.81. The van der Waals surface area contributed by atoms with Gasteiger partial charge in [0.05, 0.1) is 0 Å². The Hall–Kier alpha value is -1.06. The molecule has 1 aliphatic rings. The third kappa shape index (κ3) is 5.68. The molecule has 1 aromatic rings. The van der Waals surface area contributed by atoms with Crippen molar-refractivity contribution in [1.82, 2.24) is 10.2 Å². The van der Waals surface area contributed by atoms with Gasteiger partial charge >= 0.3 is 0 Å². The highest BCUT2D eigenvalue weighted by Gasteiger charge is 2.12. The molecule has 0 radical (unpaired) electrons. The fourth-order valence-corrected chi connectivity index (χ4v) is 2.98. The maximum atomic E-state index is 3.58. The molecule has 1 aromatic carbocycles. The first-order valence-electron chi connectivity index (χ1n) is 8.57. The molecule has 0 aliphatic carbocycles. The summed E-state index contributed by atoms with van der Waals surface area (Å²) in [4.78, 5) is 2.47. The molecule has 0 saturated carbocycles. The molecule has 1 aliphatic heterocycles. The summed E-state index contributed by atoms with van der Waals surface area (Å²) in [5.74, 6) is 0.779. The lowest BCUT2D eigenvalue weighted by atomic mass is 9.99. The van der Waals surface area contributed by atoms with Crippen LogP contribution in [0.2, 0.25) is 0 Å². The molecular formula is C18H31N3. The second kappa shape index (κ2) is 9.06. The Balaban J connectivity index is 1.73. The van der Waals surface area contributed by atoms with E-state index in [1.807, 2.05) is 0 Å². The van der Waals surface area contributed by atoms with Crippen LogP contribution >= 0.6 is 0 Å². The van der Waals surface area contributed by atoms with Crippen molar-refractivity contribution in [3.8, 4) is 0 Å². The second-order valence-electron chi connectivity index (χ2n) is 6.07. The van der Waals surface area contributed by atoms with Crippen molar-refractivity contribution in [3.63, 3.8) is 0 Å². The Morgan fingerprint density at radius 2 is 1.95 bits per heavy atom. The van der Waals surface area contributed by atoms with Crippen LogP contribution in [0.25, 0.3) is 0 Å². The first-order chi connectivity index (χ1) is 10.3. The monoisotopic (exact) mass is 289 g/mol. The molecule has 1 heterocycles. The van der Waals surface area contributed by atoms with Crippen LogP contribution in [0.15, 0.2) is 24.3 Å². The summed E-state index contributed by atoms with van der Waals surface area (Å²) < 4.78 is 0. The molecule has 2 rings (SSSR count). The van der Waals surface area contributed by atoms with Crippen molar-refractivity contribution in [1.29, 1.82) is 0 Å². The highest BCUT2D eigenvalue weighted by Crippen LogP contribution is 2.14. The minimum absolute atomic E-state index is 0.779. The van der Waals surface area contributed by atoms with Gasteiger partial charge in [-0.15, -0.1) is 0 Å². The number of anilines is 1. The smallest absolute Gasteiger partial charge is 0.0340 e. The molecule has 21 heavy (non-hydrogen) atoms. The third-order valence-corrected chi connectivity index (χ3v) is 4.56. The zero-order valence-corrected chi connectivity index (χ0v) is 13.7. The van der Waals surface area contributed by atoms with Gasteiger partial charge in [-0.25, -0.2) is 0 Å². The van der Waals surface area contributed by atoms with E-state index in [-0.39, 0.29) is 0 Å². The molecule has 1 saturated heterocycles. The lowest BCUT2D eigenvalue weighted by Gasteiger charge is -2.23. The van der Waals surface area contributed by atoms with E-state index in [0.717, 1.165) is 45.1 Å². The Bertz CT molecular complexity index is 378. The SMILES string of the molecule is CCN(CC)CCc1ccc(NCC2CCCNC2)cc1. The zero-order valence-electron chi connectivity index (χ0n) is 13.7. The zero-order chi connectivity index (χ0) is 14.9. The van der Waals surface area contributed by atoms with Crippen LogP contribution in [0.1, 0.15) is 32.3 Å². The number of hydrogen-bond acceptors (Lipinski definition) is 3. The summed E-state index contributed by atoms with van der Waals surface area (Å²) in [6.45, 7) is 11.4. The van der Waals surface area contributed by atoms with Gasteiger partial charge in [-0.1, -0.05) is 26.0 Å². The fourth-order valence-electron chi connectivity index (χ4n) is 2.98. The van der Waals surface area contributed by atoms with E-state index in [0.29, 0.717) is 0 Å².